The minimum absolute atomic E-state index is 0.143. The molecule has 0 fully saturated rings. The number of aliphatic hydroxyl groups is 1. The summed E-state index contributed by atoms with van der Waals surface area (Å²) in [5, 5.41) is 12.2. The molecular weight excluding hydrogens is 220 g/mol. The van der Waals surface area contributed by atoms with Crippen LogP contribution in [0.15, 0.2) is 17.5 Å². The molecule has 14 heavy (non-hydrogen) atoms. The highest BCUT2D eigenvalue weighted by atomic mass is 35.5. The number of rotatable bonds is 2. The number of aliphatic hydroxyl groups excluding tert-OH is 1. The molecule has 0 spiro atoms. The van der Waals surface area contributed by atoms with Crippen LogP contribution in [0, 0.1) is 0 Å². The van der Waals surface area contributed by atoms with Crippen molar-refractivity contribution >= 4 is 39.3 Å². The molecule has 2 nitrogen and oxygen atoms in total. The first-order valence-corrected chi connectivity index (χ1v) is 5.28. The number of carbonyl (C=O) groups excluding carboxylic acids is 1. The van der Waals surface area contributed by atoms with Gasteiger partial charge in [-0.05, 0) is 11.6 Å². The number of hydrogen-bond donors (Lipinski definition) is 1. The topological polar surface area (TPSA) is 37.3 Å². The molecule has 1 heterocycles. The molecule has 0 aliphatic carbocycles. The number of aldehydes is 1. The summed E-state index contributed by atoms with van der Waals surface area (Å²) in [6, 6.07) is 3.61. The number of benzene rings is 1. The van der Waals surface area contributed by atoms with E-state index in [0.717, 1.165) is 16.4 Å². The normalized spacial score (nSPS) is 10.7. The molecule has 0 radical (unpaired) electrons. The number of fused-ring (bicyclic) bond motifs is 1. The van der Waals surface area contributed by atoms with Crippen LogP contribution in [0.3, 0.4) is 0 Å². The van der Waals surface area contributed by atoms with Crippen molar-refractivity contribution in [2.75, 3.05) is 0 Å². The van der Waals surface area contributed by atoms with Crippen LogP contribution >= 0.6 is 22.9 Å². The molecule has 2 aromatic rings. The number of carbonyl (C=O) groups is 1. The van der Waals surface area contributed by atoms with Crippen molar-refractivity contribution < 1.29 is 9.90 Å². The summed E-state index contributed by atoms with van der Waals surface area (Å²) in [5.41, 5.74) is 1.11. The van der Waals surface area contributed by atoms with E-state index < -0.39 is 0 Å². The summed E-state index contributed by atoms with van der Waals surface area (Å²) in [7, 11) is 0. The fourth-order valence-electron chi connectivity index (χ4n) is 1.43. The third-order valence-corrected chi connectivity index (χ3v) is 3.49. The summed E-state index contributed by atoms with van der Waals surface area (Å²) in [5.74, 6) is 0. The van der Waals surface area contributed by atoms with Crippen molar-refractivity contribution in [2.45, 2.75) is 6.61 Å². The van der Waals surface area contributed by atoms with Crippen LogP contribution in [-0.4, -0.2) is 11.4 Å². The second kappa shape index (κ2) is 3.69. The van der Waals surface area contributed by atoms with E-state index in [1.54, 1.807) is 11.4 Å². The van der Waals surface area contributed by atoms with Gasteiger partial charge in [-0.3, -0.25) is 4.79 Å². The molecule has 0 atom stereocenters. The molecule has 0 saturated carbocycles. The highest BCUT2D eigenvalue weighted by molar-refractivity contribution is 7.17. The van der Waals surface area contributed by atoms with Gasteiger partial charge in [0, 0.05) is 21.0 Å². The molecule has 1 aromatic carbocycles. The zero-order chi connectivity index (χ0) is 10.1. The Morgan fingerprint density at radius 1 is 1.50 bits per heavy atom. The van der Waals surface area contributed by atoms with E-state index in [1.165, 1.54) is 11.3 Å². The minimum atomic E-state index is -0.143. The number of hydrogen-bond acceptors (Lipinski definition) is 3. The van der Waals surface area contributed by atoms with Gasteiger partial charge in [0.05, 0.1) is 11.6 Å². The Kier molecular flexibility index (Phi) is 2.54. The molecule has 4 heteroatoms. The molecule has 1 N–H and O–H groups in total. The number of halogens is 1. The third kappa shape index (κ3) is 1.34. The van der Waals surface area contributed by atoms with Crippen LogP contribution < -0.4 is 0 Å². The predicted molar refractivity (Wildman–Crippen MR) is 58.1 cm³/mol. The molecule has 0 aliphatic rings. The summed E-state index contributed by atoms with van der Waals surface area (Å²) >= 11 is 7.45. The molecule has 0 saturated heterocycles. The molecule has 2 rings (SSSR count). The molecule has 0 amide bonds. The zero-order valence-electron chi connectivity index (χ0n) is 7.16. The van der Waals surface area contributed by atoms with Gasteiger partial charge >= 0.3 is 0 Å². The zero-order valence-corrected chi connectivity index (χ0v) is 8.73. The lowest BCUT2D eigenvalue weighted by Gasteiger charge is -2.02. The van der Waals surface area contributed by atoms with E-state index in [-0.39, 0.29) is 6.61 Å². The van der Waals surface area contributed by atoms with Crippen LogP contribution in [-0.2, 0) is 6.61 Å². The van der Waals surface area contributed by atoms with Gasteiger partial charge in [0.1, 0.15) is 0 Å². The Morgan fingerprint density at radius 2 is 2.29 bits per heavy atom. The predicted octanol–water partition coefficient (Wildman–Crippen LogP) is 2.86. The maximum absolute atomic E-state index is 10.9. The summed E-state index contributed by atoms with van der Waals surface area (Å²) in [6.45, 7) is -0.143. The largest absolute Gasteiger partial charge is 0.392 e. The van der Waals surface area contributed by atoms with Gasteiger partial charge in [-0.2, -0.15) is 0 Å². The van der Waals surface area contributed by atoms with E-state index in [2.05, 4.69) is 0 Å². The van der Waals surface area contributed by atoms with E-state index in [0.29, 0.717) is 16.1 Å². The van der Waals surface area contributed by atoms with Crippen LogP contribution in [0.2, 0.25) is 5.02 Å². The van der Waals surface area contributed by atoms with E-state index in [9.17, 15) is 4.79 Å². The first-order chi connectivity index (χ1) is 6.77. The maximum atomic E-state index is 10.9. The van der Waals surface area contributed by atoms with Crippen molar-refractivity contribution in [1.82, 2.24) is 0 Å². The lowest BCUT2D eigenvalue weighted by molar-refractivity contribution is 0.112. The summed E-state index contributed by atoms with van der Waals surface area (Å²) in [6.07, 6.45) is 0.743. The fourth-order valence-corrected chi connectivity index (χ4v) is 2.66. The van der Waals surface area contributed by atoms with Crippen LogP contribution in [0.4, 0.5) is 0 Å². The molecular formula is C10H7ClO2S. The Balaban J connectivity index is 2.87. The van der Waals surface area contributed by atoms with Gasteiger partial charge in [-0.15, -0.1) is 11.3 Å². The van der Waals surface area contributed by atoms with Gasteiger partial charge in [0.25, 0.3) is 0 Å². The lowest BCUT2D eigenvalue weighted by atomic mass is 10.1. The highest BCUT2D eigenvalue weighted by Crippen LogP contribution is 2.33. The Hall–Kier alpha value is -0.900. The van der Waals surface area contributed by atoms with Gasteiger partial charge in [0.2, 0.25) is 0 Å². The Bertz CT molecular complexity index is 490. The average molecular weight is 227 g/mol. The van der Waals surface area contributed by atoms with Crippen molar-refractivity contribution in [3.05, 3.63) is 33.7 Å². The number of thiophene rings is 1. The van der Waals surface area contributed by atoms with Gasteiger partial charge in [0.15, 0.2) is 6.29 Å². The van der Waals surface area contributed by atoms with Gasteiger partial charge in [-0.1, -0.05) is 17.7 Å². The van der Waals surface area contributed by atoms with Crippen molar-refractivity contribution in [2.24, 2.45) is 0 Å². The van der Waals surface area contributed by atoms with E-state index >= 15 is 0 Å². The van der Waals surface area contributed by atoms with Gasteiger partial charge in [-0.25, -0.2) is 0 Å². The first kappa shape index (κ1) is 9.65. The monoisotopic (exact) mass is 226 g/mol. The smallest absolute Gasteiger partial charge is 0.151 e. The average Bonchev–Trinajstić information content (AvgIpc) is 2.59. The SMILES string of the molecule is O=Cc1c(CO)ccc2scc(Cl)c12. The molecule has 0 bridgehead atoms. The standard InChI is InChI=1S/C10H7ClO2S/c11-8-5-14-9-2-1-6(3-12)7(4-13)10(8)9/h1-2,4-5,12H,3H2. The molecule has 1 aromatic heterocycles. The molecule has 0 aliphatic heterocycles. The lowest BCUT2D eigenvalue weighted by Crippen LogP contribution is -1.92. The van der Waals surface area contributed by atoms with Crippen LogP contribution in [0.1, 0.15) is 15.9 Å². The van der Waals surface area contributed by atoms with Crippen molar-refractivity contribution in [3.63, 3.8) is 0 Å². The third-order valence-electron chi connectivity index (χ3n) is 2.11. The van der Waals surface area contributed by atoms with Crippen molar-refractivity contribution in [3.8, 4) is 0 Å². The second-order valence-electron chi connectivity index (χ2n) is 2.87. The minimum Gasteiger partial charge on any atom is -0.392 e. The van der Waals surface area contributed by atoms with Crippen LogP contribution in [0.5, 0.6) is 0 Å². The Labute approximate surface area is 89.7 Å². The highest BCUT2D eigenvalue weighted by Gasteiger charge is 2.10. The first-order valence-electron chi connectivity index (χ1n) is 4.02. The van der Waals surface area contributed by atoms with Crippen LogP contribution in [0.25, 0.3) is 10.1 Å². The maximum Gasteiger partial charge on any atom is 0.151 e. The van der Waals surface area contributed by atoms with E-state index in [4.69, 9.17) is 16.7 Å². The van der Waals surface area contributed by atoms with Crippen molar-refractivity contribution in [1.29, 1.82) is 0 Å². The molecule has 72 valence electrons. The van der Waals surface area contributed by atoms with E-state index in [1.807, 2.05) is 6.07 Å². The van der Waals surface area contributed by atoms with Gasteiger partial charge < -0.3 is 5.11 Å². The second-order valence-corrected chi connectivity index (χ2v) is 4.19. The Morgan fingerprint density at radius 3 is 2.93 bits per heavy atom. The quantitative estimate of drug-likeness (QED) is 0.800. The molecule has 0 unspecified atom stereocenters. The summed E-state index contributed by atoms with van der Waals surface area (Å²) < 4.78 is 0.967. The summed E-state index contributed by atoms with van der Waals surface area (Å²) in [4.78, 5) is 10.9. The fraction of sp³-hybridized carbons (Fsp3) is 0.100.